The van der Waals surface area contributed by atoms with Crippen molar-refractivity contribution in [3.63, 3.8) is 0 Å². The van der Waals surface area contributed by atoms with E-state index in [2.05, 4.69) is 23.3 Å². The van der Waals surface area contributed by atoms with Gasteiger partial charge in [-0.3, -0.25) is 14.3 Å². The van der Waals surface area contributed by atoms with Gasteiger partial charge in [-0.1, -0.05) is 51.9 Å². The zero-order valence-electron chi connectivity index (χ0n) is 23.6. The summed E-state index contributed by atoms with van der Waals surface area (Å²) in [5.74, 6) is -0.463. The molecule has 0 saturated heterocycles. The molecule has 1 aromatic carbocycles. The molecule has 0 radical (unpaired) electrons. The third-order valence-corrected chi connectivity index (χ3v) is 8.45. The minimum atomic E-state index is -3.66. The summed E-state index contributed by atoms with van der Waals surface area (Å²) < 4.78 is 42.0. The van der Waals surface area contributed by atoms with Crippen molar-refractivity contribution >= 4 is 21.7 Å². The molecule has 1 fully saturated rings. The van der Waals surface area contributed by atoms with E-state index in [0.717, 1.165) is 36.1 Å². The lowest BCUT2D eigenvalue weighted by molar-refractivity contribution is -0.118. The minimum absolute atomic E-state index is 0.00145. The third kappa shape index (κ3) is 9.08. The Morgan fingerprint density at radius 3 is 2.26 bits per heavy atom. The number of nitrogens with one attached hydrogen (secondary N) is 1. The second-order valence-corrected chi connectivity index (χ2v) is 12.5. The van der Waals surface area contributed by atoms with E-state index < -0.39 is 10.1 Å². The highest BCUT2D eigenvalue weighted by Gasteiger charge is 2.44. The molecule has 9 heteroatoms. The van der Waals surface area contributed by atoms with Crippen LogP contribution in [-0.2, 0) is 26.9 Å². The molecule has 0 spiro atoms. The van der Waals surface area contributed by atoms with Gasteiger partial charge in [0.1, 0.15) is 5.82 Å². The first kappa shape index (κ1) is 31.2. The van der Waals surface area contributed by atoms with E-state index in [1.807, 2.05) is 12.3 Å². The van der Waals surface area contributed by atoms with Gasteiger partial charge in [-0.15, -0.1) is 0 Å². The number of hydrogen-bond donors (Lipinski definition) is 2. The molecule has 2 N–H and O–H groups in total. The van der Waals surface area contributed by atoms with E-state index in [1.165, 1.54) is 64.4 Å². The molecular formula is C30H44FN3O4S. The molecule has 7 nitrogen and oxygen atoms in total. The van der Waals surface area contributed by atoms with E-state index >= 15 is 4.39 Å². The molecule has 1 aromatic heterocycles. The summed E-state index contributed by atoms with van der Waals surface area (Å²) in [6.45, 7) is 4.65. The number of carbonyl (C=O) groups excluding carboxylic acids is 1. The summed E-state index contributed by atoms with van der Waals surface area (Å²) >= 11 is 0. The van der Waals surface area contributed by atoms with Gasteiger partial charge in [-0.05, 0) is 68.5 Å². The van der Waals surface area contributed by atoms with E-state index in [4.69, 9.17) is 4.55 Å². The van der Waals surface area contributed by atoms with Crippen molar-refractivity contribution in [3.8, 4) is 11.1 Å². The van der Waals surface area contributed by atoms with E-state index in [-0.39, 0.29) is 23.0 Å². The second-order valence-electron chi connectivity index (χ2n) is 10.7. The van der Waals surface area contributed by atoms with Crippen LogP contribution in [0.5, 0.6) is 0 Å². The van der Waals surface area contributed by atoms with Crippen LogP contribution in [0.4, 0.5) is 10.1 Å². The maximum Gasteiger partial charge on any atom is 0.264 e. The first-order chi connectivity index (χ1) is 18.6. The van der Waals surface area contributed by atoms with Gasteiger partial charge in [0.2, 0.25) is 5.91 Å². The van der Waals surface area contributed by atoms with Gasteiger partial charge < -0.3 is 10.2 Å². The lowest BCUT2D eigenvalue weighted by atomic mass is 9.95. The smallest absolute Gasteiger partial charge is 0.264 e. The fourth-order valence-corrected chi connectivity index (χ4v) is 5.01. The lowest BCUT2D eigenvalue weighted by Crippen LogP contribution is -2.31. The molecule has 216 valence electrons. The first-order valence-electron chi connectivity index (χ1n) is 14.3. The molecular weight excluding hydrogens is 517 g/mol. The summed E-state index contributed by atoms with van der Waals surface area (Å²) in [5.41, 5.74) is 4.25. The summed E-state index contributed by atoms with van der Waals surface area (Å²) in [4.78, 5) is 18.0. The largest absolute Gasteiger partial charge is 0.315 e. The van der Waals surface area contributed by atoms with Crippen LogP contribution in [0.25, 0.3) is 11.1 Å². The Bertz CT molecular complexity index is 1210. The Kier molecular flexibility index (Phi) is 11.4. The van der Waals surface area contributed by atoms with E-state index in [9.17, 15) is 13.2 Å². The molecule has 2 heterocycles. The highest BCUT2D eigenvalue weighted by atomic mass is 32.2. The second kappa shape index (κ2) is 14.3. The quantitative estimate of drug-likeness (QED) is 0.217. The van der Waals surface area contributed by atoms with Crippen molar-refractivity contribution in [2.45, 2.75) is 96.4 Å². The fourth-order valence-electron chi connectivity index (χ4n) is 5.01. The highest BCUT2D eigenvalue weighted by molar-refractivity contribution is 7.85. The molecule has 0 bridgehead atoms. The van der Waals surface area contributed by atoms with Crippen LogP contribution in [0.1, 0.15) is 95.6 Å². The number of halogens is 1. The number of benzene rings is 1. The van der Waals surface area contributed by atoms with Gasteiger partial charge in [0.05, 0.1) is 5.75 Å². The molecule has 2 aromatic rings. The summed E-state index contributed by atoms with van der Waals surface area (Å²) in [6, 6.07) is 5.51. The monoisotopic (exact) mass is 561 g/mol. The van der Waals surface area contributed by atoms with Crippen molar-refractivity contribution in [1.82, 2.24) is 10.3 Å². The van der Waals surface area contributed by atoms with Gasteiger partial charge in [-0.25, -0.2) is 4.39 Å². The van der Waals surface area contributed by atoms with Crippen LogP contribution in [0, 0.1) is 5.82 Å². The number of fused-ring (bicyclic) bond motifs is 1. The maximum atomic E-state index is 15.0. The standard InChI is InChI=1S/C28H38FN3O.C2H6O3S/c1-3-4-5-6-7-8-9-10-15-31-28(13-14-28)23-16-22(19-30-20-23)24-17-21-11-12-27(33)32(2)26(21)18-25(24)29;1-2-6(3,4)5/h16-20,31H,3-15H2,1-2H3;2H2,1H3,(H,3,4,5). The van der Waals surface area contributed by atoms with Gasteiger partial charge in [0, 0.05) is 48.2 Å². The van der Waals surface area contributed by atoms with Crippen LogP contribution >= 0.6 is 0 Å². The third-order valence-electron chi connectivity index (χ3n) is 7.72. The molecule has 0 unspecified atom stereocenters. The van der Waals surface area contributed by atoms with Crippen molar-refractivity contribution in [2.24, 2.45) is 0 Å². The van der Waals surface area contributed by atoms with Gasteiger partial charge >= 0.3 is 0 Å². The maximum absolute atomic E-state index is 15.0. The number of rotatable bonds is 13. The van der Waals surface area contributed by atoms with Crippen LogP contribution in [0.2, 0.25) is 0 Å². The molecule has 0 atom stereocenters. The average molecular weight is 562 g/mol. The number of anilines is 1. The molecule has 4 rings (SSSR count). The molecule has 2 aliphatic rings. The first-order valence-corrected chi connectivity index (χ1v) is 16.0. The van der Waals surface area contributed by atoms with Crippen LogP contribution < -0.4 is 10.2 Å². The number of nitrogens with zero attached hydrogens (tertiary/aromatic N) is 2. The Morgan fingerprint density at radius 1 is 1.00 bits per heavy atom. The predicted molar refractivity (Wildman–Crippen MR) is 155 cm³/mol. The predicted octanol–water partition coefficient (Wildman–Crippen LogP) is 6.41. The Balaban J connectivity index is 0.000000631. The number of aromatic nitrogens is 1. The zero-order chi connectivity index (χ0) is 28.5. The summed E-state index contributed by atoms with van der Waals surface area (Å²) in [5, 5.41) is 3.77. The van der Waals surface area contributed by atoms with Crippen LogP contribution in [0.3, 0.4) is 0 Å². The summed E-state index contributed by atoms with van der Waals surface area (Å²) in [6.07, 6.45) is 17.6. The number of hydrogen-bond acceptors (Lipinski definition) is 5. The number of carbonyl (C=O) groups is 1. The topological polar surface area (TPSA) is 99.6 Å². The SMILES string of the molecule is CCCCCCCCCCNC1(c2cncc(-c3cc4c(cc3F)N(C)C(=O)CC4)c2)CC1.CCS(=O)(=O)O. The Labute approximate surface area is 233 Å². The molecule has 39 heavy (non-hydrogen) atoms. The number of amides is 1. The fraction of sp³-hybridized carbons (Fsp3) is 0.600. The van der Waals surface area contributed by atoms with Gasteiger partial charge in [-0.2, -0.15) is 8.42 Å². The summed E-state index contributed by atoms with van der Waals surface area (Å²) in [7, 11) is -1.94. The van der Waals surface area contributed by atoms with Crippen molar-refractivity contribution < 1.29 is 22.2 Å². The van der Waals surface area contributed by atoms with Crippen molar-refractivity contribution in [2.75, 3.05) is 24.2 Å². The van der Waals surface area contributed by atoms with E-state index in [1.54, 1.807) is 18.1 Å². The Hall–Kier alpha value is -2.36. The van der Waals surface area contributed by atoms with E-state index in [0.29, 0.717) is 24.1 Å². The number of unbranched alkanes of at least 4 members (excludes halogenated alkanes) is 7. The average Bonchev–Trinajstić information content (AvgIpc) is 3.71. The number of pyridine rings is 1. The van der Waals surface area contributed by atoms with Gasteiger partial charge in [0.15, 0.2) is 0 Å². The van der Waals surface area contributed by atoms with Crippen LogP contribution in [-0.4, -0.2) is 43.2 Å². The van der Waals surface area contributed by atoms with Crippen molar-refractivity contribution in [1.29, 1.82) is 0 Å². The highest BCUT2D eigenvalue weighted by Crippen LogP contribution is 2.46. The van der Waals surface area contributed by atoms with Crippen LogP contribution in [0.15, 0.2) is 30.6 Å². The van der Waals surface area contributed by atoms with Gasteiger partial charge in [0.25, 0.3) is 10.1 Å². The molecule has 1 amide bonds. The number of aryl methyl sites for hydroxylation is 1. The zero-order valence-corrected chi connectivity index (χ0v) is 24.5. The molecule has 1 saturated carbocycles. The minimum Gasteiger partial charge on any atom is -0.315 e. The molecule has 1 aliphatic heterocycles. The lowest BCUT2D eigenvalue weighted by Gasteiger charge is -2.26. The normalized spacial score (nSPS) is 15.9. The van der Waals surface area contributed by atoms with Crippen molar-refractivity contribution in [3.05, 3.63) is 47.5 Å². The Morgan fingerprint density at radius 2 is 1.64 bits per heavy atom. The molecule has 1 aliphatic carbocycles.